The molecule has 0 unspecified atom stereocenters. The summed E-state index contributed by atoms with van der Waals surface area (Å²) >= 11 is 5.87. The summed E-state index contributed by atoms with van der Waals surface area (Å²) in [7, 11) is 4.02. The van der Waals surface area contributed by atoms with E-state index in [1.54, 1.807) is 6.07 Å². The number of benzene rings is 2. The fourth-order valence-electron chi connectivity index (χ4n) is 2.46. The first-order valence-electron chi connectivity index (χ1n) is 8.56. The van der Waals surface area contributed by atoms with Crippen LogP contribution >= 0.6 is 11.6 Å². The highest BCUT2D eigenvalue weighted by molar-refractivity contribution is 6.31. The summed E-state index contributed by atoms with van der Waals surface area (Å²) < 4.78 is 13.4. The third-order valence-corrected chi connectivity index (χ3v) is 4.12. The maximum Gasteiger partial charge on any atom is 0.225 e. The summed E-state index contributed by atoms with van der Waals surface area (Å²) in [5.41, 5.74) is 2.42. The maximum absolute atomic E-state index is 13.4. The smallest absolute Gasteiger partial charge is 0.225 e. The molecule has 2 N–H and O–H groups in total. The summed E-state index contributed by atoms with van der Waals surface area (Å²) in [5, 5.41) is 6.47. The second kappa shape index (κ2) is 8.79. The minimum Gasteiger partial charge on any atom is -0.353 e. The first kappa shape index (κ1) is 19.1. The molecule has 0 aliphatic heterocycles. The molecule has 27 heavy (non-hydrogen) atoms. The van der Waals surface area contributed by atoms with Crippen LogP contribution in [0.4, 0.5) is 21.8 Å². The Balaban J connectivity index is 1.90. The van der Waals surface area contributed by atoms with E-state index in [4.69, 9.17) is 11.6 Å². The Bertz CT molecular complexity index is 902. The molecule has 0 aliphatic rings. The summed E-state index contributed by atoms with van der Waals surface area (Å²) in [6.45, 7) is 1.57. The van der Waals surface area contributed by atoms with E-state index in [9.17, 15) is 4.39 Å². The zero-order valence-corrected chi connectivity index (χ0v) is 16.0. The second-order valence-electron chi connectivity index (χ2n) is 6.31. The van der Waals surface area contributed by atoms with Crippen LogP contribution in [0.3, 0.4) is 0 Å². The molecule has 5 nitrogen and oxygen atoms in total. The summed E-state index contributed by atoms with van der Waals surface area (Å²) in [6.07, 6.45) is 0. The van der Waals surface area contributed by atoms with Crippen LogP contribution in [0.25, 0.3) is 11.3 Å². The van der Waals surface area contributed by atoms with Crippen molar-refractivity contribution in [1.29, 1.82) is 0 Å². The third kappa shape index (κ3) is 5.39. The Morgan fingerprint density at radius 2 is 1.81 bits per heavy atom. The lowest BCUT2D eigenvalue weighted by Gasteiger charge is -2.13. The van der Waals surface area contributed by atoms with Crippen LogP contribution in [0.15, 0.2) is 54.6 Å². The number of hydrogen-bond donors (Lipinski definition) is 2. The summed E-state index contributed by atoms with van der Waals surface area (Å²) in [5.74, 6) is 0.661. The Morgan fingerprint density at radius 3 is 2.52 bits per heavy atom. The number of hydrogen-bond acceptors (Lipinski definition) is 5. The van der Waals surface area contributed by atoms with E-state index in [1.807, 2.05) is 50.5 Å². The van der Waals surface area contributed by atoms with Gasteiger partial charge in [-0.1, -0.05) is 41.9 Å². The van der Waals surface area contributed by atoms with E-state index in [0.29, 0.717) is 24.0 Å². The average molecular weight is 386 g/mol. The molecule has 0 amide bonds. The molecule has 3 aromatic rings. The van der Waals surface area contributed by atoms with E-state index in [1.165, 1.54) is 12.1 Å². The van der Waals surface area contributed by atoms with Crippen LogP contribution in [0.1, 0.15) is 0 Å². The standard InChI is InChI=1S/C20H21ClFN5/c1-27(2)11-10-23-20-25-18(14-6-4-3-5-7-14)13-19(26-20)24-15-8-9-17(22)16(21)12-15/h3-9,12-13H,10-11H2,1-2H3,(H2,23,24,25,26). The van der Waals surface area contributed by atoms with Crippen molar-refractivity contribution in [2.24, 2.45) is 0 Å². The van der Waals surface area contributed by atoms with Gasteiger partial charge in [0.05, 0.1) is 10.7 Å². The van der Waals surface area contributed by atoms with Gasteiger partial charge in [0.1, 0.15) is 11.6 Å². The number of nitrogens with zero attached hydrogens (tertiary/aromatic N) is 3. The number of anilines is 3. The highest BCUT2D eigenvalue weighted by atomic mass is 35.5. The zero-order valence-electron chi connectivity index (χ0n) is 15.2. The van der Waals surface area contributed by atoms with Gasteiger partial charge in [-0.25, -0.2) is 9.37 Å². The normalized spacial score (nSPS) is 10.9. The molecule has 140 valence electrons. The topological polar surface area (TPSA) is 53.1 Å². The molecule has 0 spiro atoms. The predicted molar refractivity (Wildman–Crippen MR) is 109 cm³/mol. The van der Waals surface area contributed by atoms with Gasteiger partial charge in [-0.2, -0.15) is 4.98 Å². The number of rotatable bonds is 7. The van der Waals surface area contributed by atoms with Gasteiger partial charge in [0.2, 0.25) is 5.95 Å². The van der Waals surface area contributed by atoms with Crippen LogP contribution in [0, 0.1) is 5.82 Å². The van der Waals surface area contributed by atoms with Gasteiger partial charge in [-0.05, 0) is 32.3 Å². The molecule has 0 saturated carbocycles. The fourth-order valence-corrected chi connectivity index (χ4v) is 2.64. The fraction of sp³-hybridized carbons (Fsp3) is 0.200. The molecule has 0 radical (unpaired) electrons. The number of likely N-dealkylation sites (N-methyl/N-ethyl adjacent to an activating group) is 1. The first-order valence-corrected chi connectivity index (χ1v) is 8.94. The number of aromatic nitrogens is 2. The molecule has 3 rings (SSSR count). The quantitative estimate of drug-likeness (QED) is 0.619. The van der Waals surface area contributed by atoms with Gasteiger partial charge in [-0.15, -0.1) is 0 Å². The van der Waals surface area contributed by atoms with Crippen LogP contribution in [-0.2, 0) is 0 Å². The molecule has 0 aliphatic carbocycles. The summed E-state index contributed by atoms with van der Waals surface area (Å²) in [4.78, 5) is 11.2. The molecule has 2 aromatic carbocycles. The van der Waals surface area contributed by atoms with Gasteiger partial charge in [0.25, 0.3) is 0 Å². The monoisotopic (exact) mass is 385 g/mol. The number of halogens is 2. The van der Waals surface area contributed by atoms with Crippen molar-refractivity contribution in [3.05, 3.63) is 65.4 Å². The lowest BCUT2D eigenvalue weighted by Crippen LogP contribution is -2.21. The van der Waals surface area contributed by atoms with Crippen LogP contribution < -0.4 is 10.6 Å². The molecule has 1 heterocycles. The second-order valence-corrected chi connectivity index (χ2v) is 6.72. The van der Waals surface area contributed by atoms with Crippen LogP contribution in [-0.4, -0.2) is 42.1 Å². The van der Waals surface area contributed by atoms with Crippen molar-refractivity contribution in [2.75, 3.05) is 37.8 Å². The van der Waals surface area contributed by atoms with Gasteiger partial charge < -0.3 is 15.5 Å². The molecule has 0 atom stereocenters. The molecule has 0 bridgehead atoms. The molecular weight excluding hydrogens is 365 g/mol. The van der Waals surface area contributed by atoms with E-state index < -0.39 is 5.82 Å². The summed E-state index contributed by atoms with van der Waals surface area (Å²) in [6, 6.07) is 16.2. The van der Waals surface area contributed by atoms with Gasteiger partial charge >= 0.3 is 0 Å². The lowest BCUT2D eigenvalue weighted by molar-refractivity contribution is 0.425. The molecule has 0 fully saturated rings. The Kier molecular flexibility index (Phi) is 6.21. The van der Waals surface area contributed by atoms with Gasteiger partial charge in [0, 0.05) is 30.4 Å². The average Bonchev–Trinajstić information content (AvgIpc) is 2.65. The van der Waals surface area contributed by atoms with Crippen molar-refractivity contribution in [2.45, 2.75) is 0 Å². The zero-order chi connectivity index (χ0) is 19.2. The first-order chi connectivity index (χ1) is 13.0. The molecular formula is C20H21ClFN5. The van der Waals surface area contributed by atoms with Crippen molar-refractivity contribution < 1.29 is 4.39 Å². The van der Waals surface area contributed by atoms with Crippen molar-refractivity contribution in [1.82, 2.24) is 14.9 Å². The lowest BCUT2D eigenvalue weighted by atomic mass is 10.1. The van der Waals surface area contributed by atoms with E-state index in [-0.39, 0.29) is 5.02 Å². The van der Waals surface area contributed by atoms with Crippen molar-refractivity contribution in [3.63, 3.8) is 0 Å². The third-order valence-electron chi connectivity index (χ3n) is 3.83. The SMILES string of the molecule is CN(C)CCNc1nc(Nc2ccc(F)c(Cl)c2)cc(-c2ccccc2)n1. The predicted octanol–water partition coefficient (Wildman–Crippen LogP) is 4.65. The Labute approximate surface area is 163 Å². The van der Waals surface area contributed by atoms with E-state index >= 15 is 0 Å². The highest BCUT2D eigenvalue weighted by Crippen LogP contribution is 2.25. The number of nitrogens with one attached hydrogen (secondary N) is 2. The van der Waals surface area contributed by atoms with Gasteiger partial charge in [-0.3, -0.25) is 0 Å². The Morgan fingerprint density at radius 1 is 1.04 bits per heavy atom. The van der Waals surface area contributed by atoms with Crippen LogP contribution in [0.2, 0.25) is 5.02 Å². The van der Waals surface area contributed by atoms with E-state index in [2.05, 4.69) is 25.5 Å². The van der Waals surface area contributed by atoms with Crippen molar-refractivity contribution in [3.8, 4) is 11.3 Å². The maximum atomic E-state index is 13.4. The van der Waals surface area contributed by atoms with Crippen LogP contribution in [0.5, 0.6) is 0 Å². The van der Waals surface area contributed by atoms with Gasteiger partial charge in [0.15, 0.2) is 0 Å². The highest BCUT2D eigenvalue weighted by Gasteiger charge is 2.08. The largest absolute Gasteiger partial charge is 0.353 e. The molecule has 1 aromatic heterocycles. The Hall–Kier alpha value is -2.70. The van der Waals surface area contributed by atoms with E-state index in [0.717, 1.165) is 17.8 Å². The minimum absolute atomic E-state index is 0.0571. The minimum atomic E-state index is -0.457. The molecule has 7 heteroatoms. The molecule has 0 saturated heterocycles. The van der Waals surface area contributed by atoms with Crippen molar-refractivity contribution >= 4 is 29.1 Å².